The van der Waals surface area contributed by atoms with Gasteiger partial charge in [0.25, 0.3) is 0 Å². The molecule has 1 amide bonds. The van der Waals surface area contributed by atoms with Gasteiger partial charge in [-0.05, 0) is 19.3 Å². The second kappa shape index (κ2) is 4.58. The standard InChI is InChI=1S/C12H15N3O2/c1-2-9-6-14-10(17-9)7-15-11(16)12(8-13)4-3-5-12/h6H,2-5,7H2,1H3,(H,15,16). The van der Waals surface area contributed by atoms with Crippen molar-refractivity contribution in [3.8, 4) is 6.07 Å². The van der Waals surface area contributed by atoms with Gasteiger partial charge in [-0.1, -0.05) is 6.92 Å². The molecule has 0 saturated heterocycles. The summed E-state index contributed by atoms with van der Waals surface area (Å²) in [4.78, 5) is 15.9. The lowest BCUT2D eigenvalue weighted by Crippen LogP contribution is -2.44. The molecule has 0 aliphatic heterocycles. The lowest BCUT2D eigenvalue weighted by molar-refractivity contribution is -0.132. The number of nitrogens with zero attached hydrogens (tertiary/aromatic N) is 2. The Labute approximate surface area is 99.8 Å². The molecule has 17 heavy (non-hydrogen) atoms. The molecule has 90 valence electrons. The highest BCUT2D eigenvalue weighted by Crippen LogP contribution is 2.40. The number of aryl methyl sites for hydroxylation is 1. The van der Waals surface area contributed by atoms with Crippen LogP contribution in [-0.4, -0.2) is 10.9 Å². The number of aromatic nitrogens is 1. The van der Waals surface area contributed by atoms with Gasteiger partial charge in [0.1, 0.15) is 11.2 Å². The number of oxazole rings is 1. The highest BCUT2D eigenvalue weighted by atomic mass is 16.4. The molecule has 5 heteroatoms. The van der Waals surface area contributed by atoms with Crippen molar-refractivity contribution in [2.24, 2.45) is 5.41 Å². The van der Waals surface area contributed by atoms with Crippen molar-refractivity contribution in [3.05, 3.63) is 17.8 Å². The number of hydrogen-bond acceptors (Lipinski definition) is 4. The molecule has 0 bridgehead atoms. The predicted molar refractivity (Wildman–Crippen MR) is 59.6 cm³/mol. The van der Waals surface area contributed by atoms with Gasteiger partial charge in [0.05, 0.1) is 18.8 Å². The van der Waals surface area contributed by atoms with Crippen LogP contribution in [0.4, 0.5) is 0 Å². The van der Waals surface area contributed by atoms with Crippen molar-refractivity contribution in [1.82, 2.24) is 10.3 Å². The van der Waals surface area contributed by atoms with Crippen LogP contribution < -0.4 is 5.32 Å². The van der Waals surface area contributed by atoms with E-state index >= 15 is 0 Å². The second-order valence-corrected chi connectivity index (χ2v) is 4.30. The Hall–Kier alpha value is -1.83. The summed E-state index contributed by atoms with van der Waals surface area (Å²) in [5, 5.41) is 11.7. The zero-order valence-corrected chi connectivity index (χ0v) is 9.82. The van der Waals surface area contributed by atoms with E-state index in [1.165, 1.54) is 0 Å². The number of nitrogens with one attached hydrogen (secondary N) is 1. The van der Waals surface area contributed by atoms with Crippen LogP contribution in [0.5, 0.6) is 0 Å². The normalized spacial score (nSPS) is 16.9. The molecule has 1 aliphatic carbocycles. The van der Waals surface area contributed by atoms with Crippen molar-refractivity contribution in [3.63, 3.8) is 0 Å². The van der Waals surface area contributed by atoms with Crippen molar-refractivity contribution >= 4 is 5.91 Å². The maximum absolute atomic E-state index is 11.8. The fraction of sp³-hybridized carbons (Fsp3) is 0.583. The highest BCUT2D eigenvalue weighted by molar-refractivity contribution is 5.86. The molecule has 5 nitrogen and oxygen atoms in total. The van der Waals surface area contributed by atoms with Crippen LogP contribution in [-0.2, 0) is 17.8 Å². The van der Waals surface area contributed by atoms with Crippen molar-refractivity contribution < 1.29 is 9.21 Å². The predicted octanol–water partition coefficient (Wildman–Crippen LogP) is 1.55. The number of nitriles is 1. The van der Waals surface area contributed by atoms with Crippen LogP contribution >= 0.6 is 0 Å². The Morgan fingerprint density at radius 3 is 2.94 bits per heavy atom. The monoisotopic (exact) mass is 233 g/mol. The van der Waals surface area contributed by atoms with E-state index in [4.69, 9.17) is 9.68 Å². The summed E-state index contributed by atoms with van der Waals surface area (Å²) >= 11 is 0. The van der Waals surface area contributed by atoms with E-state index < -0.39 is 5.41 Å². The molecule has 1 aromatic heterocycles. The third-order valence-corrected chi connectivity index (χ3v) is 3.21. The third-order valence-electron chi connectivity index (χ3n) is 3.21. The lowest BCUT2D eigenvalue weighted by atomic mass is 9.69. The van der Waals surface area contributed by atoms with E-state index in [0.29, 0.717) is 18.7 Å². The molecule has 1 fully saturated rings. The zero-order chi connectivity index (χ0) is 12.3. The average molecular weight is 233 g/mol. The summed E-state index contributed by atoms with van der Waals surface area (Å²) in [6, 6.07) is 2.10. The quantitative estimate of drug-likeness (QED) is 0.855. The van der Waals surface area contributed by atoms with Gasteiger partial charge in [0, 0.05) is 6.42 Å². The number of carbonyl (C=O) groups excluding carboxylic acids is 1. The SMILES string of the molecule is CCc1cnc(CNC(=O)C2(C#N)CCC2)o1. The van der Waals surface area contributed by atoms with E-state index in [1.54, 1.807) is 6.20 Å². The van der Waals surface area contributed by atoms with Gasteiger partial charge in [-0.3, -0.25) is 4.79 Å². The fourth-order valence-electron chi connectivity index (χ4n) is 1.84. The number of carbonyl (C=O) groups is 1. The Morgan fingerprint density at radius 2 is 2.47 bits per heavy atom. The average Bonchev–Trinajstić information content (AvgIpc) is 2.73. The van der Waals surface area contributed by atoms with Gasteiger partial charge in [-0.15, -0.1) is 0 Å². The van der Waals surface area contributed by atoms with Gasteiger partial charge in [-0.2, -0.15) is 5.26 Å². The molecule has 0 aromatic carbocycles. The molecule has 1 aromatic rings. The van der Waals surface area contributed by atoms with Crippen LogP contribution in [0.2, 0.25) is 0 Å². The topological polar surface area (TPSA) is 78.9 Å². The maximum Gasteiger partial charge on any atom is 0.240 e. The maximum atomic E-state index is 11.8. The van der Waals surface area contributed by atoms with Crippen LogP contribution in [0.3, 0.4) is 0 Å². The minimum Gasteiger partial charge on any atom is -0.444 e. The van der Waals surface area contributed by atoms with E-state index in [2.05, 4.69) is 16.4 Å². The highest BCUT2D eigenvalue weighted by Gasteiger charge is 2.44. The second-order valence-electron chi connectivity index (χ2n) is 4.30. The van der Waals surface area contributed by atoms with E-state index in [0.717, 1.165) is 18.6 Å². The van der Waals surface area contributed by atoms with Gasteiger partial charge in [0.15, 0.2) is 0 Å². The molecule has 1 saturated carbocycles. The van der Waals surface area contributed by atoms with Crippen molar-refractivity contribution in [2.45, 2.75) is 39.2 Å². The Kier molecular flexibility index (Phi) is 3.14. The van der Waals surface area contributed by atoms with E-state index in [-0.39, 0.29) is 12.5 Å². The van der Waals surface area contributed by atoms with Crippen LogP contribution in [0.25, 0.3) is 0 Å². The lowest BCUT2D eigenvalue weighted by Gasteiger charge is -2.33. The molecular weight excluding hydrogens is 218 g/mol. The molecule has 1 aliphatic rings. The molecule has 0 unspecified atom stereocenters. The Bertz CT molecular complexity index is 455. The van der Waals surface area contributed by atoms with Gasteiger partial charge < -0.3 is 9.73 Å². The number of amides is 1. The molecular formula is C12H15N3O2. The smallest absolute Gasteiger partial charge is 0.240 e. The molecule has 0 radical (unpaired) electrons. The zero-order valence-electron chi connectivity index (χ0n) is 9.82. The van der Waals surface area contributed by atoms with Crippen LogP contribution in [0.1, 0.15) is 37.8 Å². The van der Waals surface area contributed by atoms with Crippen molar-refractivity contribution in [1.29, 1.82) is 5.26 Å². The van der Waals surface area contributed by atoms with Crippen molar-refractivity contribution in [2.75, 3.05) is 0 Å². The largest absolute Gasteiger partial charge is 0.444 e. The first kappa shape index (κ1) is 11.6. The third kappa shape index (κ3) is 2.16. The minimum atomic E-state index is -0.805. The molecule has 2 rings (SSSR count). The van der Waals surface area contributed by atoms with Gasteiger partial charge in [-0.25, -0.2) is 4.98 Å². The number of hydrogen-bond donors (Lipinski definition) is 1. The molecule has 0 atom stereocenters. The molecule has 1 N–H and O–H groups in total. The molecule has 1 heterocycles. The molecule has 0 spiro atoms. The summed E-state index contributed by atoms with van der Waals surface area (Å²) < 4.78 is 5.37. The Morgan fingerprint density at radius 1 is 1.71 bits per heavy atom. The van der Waals surface area contributed by atoms with Crippen LogP contribution in [0.15, 0.2) is 10.6 Å². The number of rotatable bonds is 4. The summed E-state index contributed by atoms with van der Waals surface area (Å²) in [6.07, 6.45) is 4.69. The van der Waals surface area contributed by atoms with Crippen LogP contribution in [0, 0.1) is 16.7 Å². The van der Waals surface area contributed by atoms with E-state index in [9.17, 15) is 4.79 Å². The van der Waals surface area contributed by atoms with Gasteiger partial charge in [0.2, 0.25) is 11.8 Å². The minimum absolute atomic E-state index is 0.206. The summed E-state index contributed by atoms with van der Waals surface area (Å²) in [5.74, 6) is 1.08. The first-order valence-electron chi connectivity index (χ1n) is 5.83. The summed E-state index contributed by atoms with van der Waals surface area (Å²) in [7, 11) is 0. The first-order chi connectivity index (χ1) is 8.20. The van der Waals surface area contributed by atoms with E-state index in [1.807, 2.05) is 6.92 Å². The Balaban J connectivity index is 1.90. The van der Waals surface area contributed by atoms with Gasteiger partial charge >= 0.3 is 0 Å². The fourth-order valence-corrected chi connectivity index (χ4v) is 1.84. The summed E-state index contributed by atoms with van der Waals surface area (Å²) in [5.41, 5.74) is -0.805. The first-order valence-corrected chi connectivity index (χ1v) is 5.83. The summed E-state index contributed by atoms with van der Waals surface area (Å²) in [6.45, 7) is 2.23.